The number of nitrogens with two attached hydrogens (primary N) is 1. The third-order valence-corrected chi connectivity index (χ3v) is 11.2. The molecule has 3 heterocycles. The maximum absolute atomic E-state index is 14.5. The second-order valence-electron chi connectivity index (χ2n) is 12.1. The summed E-state index contributed by atoms with van der Waals surface area (Å²) in [5.41, 5.74) is 12.3. The van der Waals surface area contributed by atoms with Crippen molar-refractivity contribution in [3.8, 4) is 11.5 Å². The van der Waals surface area contributed by atoms with Gasteiger partial charge in [-0.15, -0.1) is 10.2 Å². The van der Waals surface area contributed by atoms with Gasteiger partial charge in [0, 0.05) is 52.3 Å². The number of aromatic nitrogens is 5. The Hall–Kier alpha value is -5.39. The Balaban J connectivity index is 1.33. The summed E-state index contributed by atoms with van der Waals surface area (Å²) < 4.78 is 42.2. The van der Waals surface area contributed by atoms with Gasteiger partial charge in [0.05, 0.1) is 32.6 Å². The van der Waals surface area contributed by atoms with Gasteiger partial charge in [-0.25, -0.2) is 8.42 Å². The van der Waals surface area contributed by atoms with Crippen LogP contribution in [0.15, 0.2) is 109 Å². The number of aromatic amines is 2. The van der Waals surface area contributed by atoms with E-state index in [0.717, 1.165) is 32.9 Å². The molecule has 0 radical (unpaired) electrons. The average Bonchev–Trinajstić information content (AvgIpc) is 3.85. The van der Waals surface area contributed by atoms with Crippen LogP contribution in [-0.2, 0) is 35.0 Å². The van der Waals surface area contributed by atoms with E-state index in [2.05, 4.69) is 32.3 Å². The quantitative estimate of drug-likeness (QED) is 0.128. The molecule has 4 N–H and O–H groups in total. The Labute approximate surface area is 284 Å². The number of methoxy groups -OCH3 is 2. The number of hydrogen-bond donors (Lipinski definition) is 3. The largest absolute Gasteiger partial charge is 0.497 e. The van der Waals surface area contributed by atoms with Gasteiger partial charge in [0.15, 0.2) is 15.7 Å². The molecule has 0 aliphatic rings. The highest BCUT2D eigenvalue weighted by molar-refractivity contribution is 7.90. The minimum absolute atomic E-state index is 0.181. The molecule has 3 aromatic heterocycles. The fourth-order valence-electron chi connectivity index (χ4n) is 6.66. The van der Waals surface area contributed by atoms with Crippen LogP contribution in [0.3, 0.4) is 0 Å². The summed E-state index contributed by atoms with van der Waals surface area (Å²) in [6, 6.07) is 29.6. The molecule has 250 valence electrons. The summed E-state index contributed by atoms with van der Waals surface area (Å²) in [6.07, 6.45) is 5.01. The number of sulfone groups is 1. The highest BCUT2D eigenvalue weighted by atomic mass is 32.2. The Morgan fingerprint density at radius 1 is 0.776 bits per heavy atom. The zero-order valence-electron chi connectivity index (χ0n) is 27.3. The molecule has 1 unspecified atom stereocenters. The predicted molar refractivity (Wildman–Crippen MR) is 191 cm³/mol. The van der Waals surface area contributed by atoms with Gasteiger partial charge in [-0.05, 0) is 47.4 Å². The van der Waals surface area contributed by atoms with Crippen LogP contribution in [0.4, 0.5) is 0 Å². The number of benzene rings is 4. The molecule has 11 heteroatoms. The topological polar surface area (TPSA) is 141 Å². The van der Waals surface area contributed by atoms with Gasteiger partial charge in [-0.3, -0.25) is 0 Å². The normalized spacial score (nSPS) is 13.1. The molecule has 0 aliphatic heterocycles. The van der Waals surface area contributed by atoms with Gasteiger partial charge in [0.25, 0.3) is 0 Å². The van der Waals surface area contributed by atoms with E-state index < -0.39 is 21.1 Å². The highest BCUT2D eigenvalue weighted by Crippen LogP contribution is 2.40. The lowest BCUT2D eigenvalue weighted by Crippen LogP contribution is -2.30. The van der Waals surface area contributed by atoms with Crippen molar-refractivity contribution in [3.63, 3.8) is 0 Å². The number of rotatable bonds is 13. The van der Waals surface area contributed by atoms with Crippen LogP contribution in [-0.4, -0.2) is 47.4 Å². The molecule has 4 aromatic carbocycles. The summed E-state index contributed by atoms with van der Waals surface area (Å²) in [5.74, 6) is 2.16. The standard InChI is InChI=1S/C38H38N6O4S/c1-47-28-18-16-27(34(20-28)48-2)23-44-35(19-17-26-21-40-32-14-8-6-12-29(26)32)42-43-38(44)36(39)37(31-22-41-33-15-9-7-13-30(31)33)49(45,46)24-25-10-4-3-5-11-25/h3-16,18,20-22,36-37,40-41H,17,19,23-24,39H2,1-2H3/t36-,37?/m0/s1. The first-order valence-corrected chi connectivity index (χ1v) is 17.8. The highest BCUT2D eigenvalue weighted by Gasteiger charge is 2.38. The summed E-state index contributed by atoms with van der Waals surface area (Å²) >= 11 is 0. The number of aryl methyl sites for hydroxylation is 2. The van der Waals surface area contributed by atoms with Gasteiger partial charge in [-0.1, -0.05) is 66.7 Å². The number of nitrogens with one attached hydrogen (secondary N) is 2. The van der Waals surface area contributed by atoms with Crippen LogP contribution in [0.25, 0.3) is 21.8 Å². The van der Waals surface area contributed by atoms with E-state index in [9.17, 15) is 8.42 Å². The van der Waals surface area contributed by atoms with E-state index >= 15 is 0 Å². The summed E-state index contributed by atoms with van der Waals surface area (Å²) in [7, 11) is -0.668. The van der Waals surface area contributed by atoms with Crippen molar-refractivity contribution >= 4 is 31.6 Å². The molecule has 0 saturated heterocycles. The monoisotopic (exact) mass is 674 g/mol. The lowest BCUT2D eigenvalue weighted by atomic mass is 10.0. The fraction of sp³-hybridized carbons (Fsp3) is 0.211. The van der Waals surface area contributed by atoms with Crippen LogP contribution in [0.5, 0.6) is 11.5 Å². The third kappa shape index (κ3) is 6.42. The minimum atomic E-state index is -3.88. The molecule has 10 nitrogen and oxygen atoms in total. The maximum Gasteiger partial charge on any atom is 0.163 e. The molecule has 0 bridgehead atoms. The molecule has 0 saturated carbocycles. The zero-order valence-corrected chi connectivity index (χ0v) is 28.2. The molecule has 0 amide bonds. The Bertz CT molecular complexity index is 2330. The number of H-pyrrole nitrogens is 2. The molecular formula is C38H38N6O4S. The summed E-state index contributed by atoms with van der Waals surface area (Å²) in [6.45, 7) is 0.311. The van der Waals surface area contributed by atoms with Crippen molar-refractivity contribution in [2.75, 3.05) is 14.2 Å². The van der Waals surface area contributed by atoms with Crippen molar-refractivity contribution in [3.05, 3.63) is 143 Å². The molecular weight excluding hydrogens is 637 g/mol. The molecule has 7 aromatic rings. The van der Waals surface area contributed by atoms with Crippen LogP contribution < -0.4 is 15.2 Å². The second-order valence-corrected chi connectivity index (χ2v) is 14.2. The Kier molecular flexibility index (Phi) is 8.94. The van der Waals surface area contributed by atoms with Crippen molar-refractivity contribution in [1.82, 2.24) is 24.7 Å². The third-order valence-electron chi connectivity index (χ3n) is 9.12. The van der Waals surface area contributed by atoms with E-state index in [-0.39, 0.29) is 5.75 Å². The van der Waals surface area contributed by atoms with Gasteiger partial charge >= 0.3 is 0 Å². The molecule has 2 atom stereocenters. The van der Waals surface area contributed by atoms with E-state index in [1.54, 1.807) is 20.4 Å². The summed E-state index contributed by atoms with van der Waals surface area (Å²) in [4.78, 5) is 6.60. The smallest absolute Gasteiger partial charge is 0.163 e. The fourth-order valence-corrected chi connectivity index (χ4v) is 8.65. The van der Waals surface area contributed by atoms with Crippen LogP contribution in [0.2, 0.25) is 0 Å². The first-order chi connectivity index (χ1) is 23.9. The second kappa shape index (κ2) is 13.6. The molecule has 49 heavy (non-hydrogen) atoms. The van der Waals surface area contributed by atoms with E-state index in [1.165, 1.54) is 0 Å². The lowest BCUT2D eigenvalue weighted by Gasteiger charge is -2.25. The van der Waals surface area contributed by atoms with Crippen LogP contribution in [0, 0.1) is 0 Å². The Morgan fingerprint density at radius 2 is 1.47 bits per heavy atom. The minimum Gasteiger partial charge on any atom is -0.497 e. The molecule has 0 spiro atoms. The van der Waals surface area contributed by atoms with Gasteiger partial charge in [0.1, 0.15) is 22.6 Å². The van der Waals surface area contributed by atoms with E-state index in [1.807, 2.05) is 95.7 Å². The first kappa shape index (κ1) is 32.2. The van der Waals surface area contributed by atoms with Crippen molar-refractivity contribution < 1.29 is 17.9 Å². The predicted octanol–water partition coefficient (Wildman–Crippen LogP) is 6.45. The van der Waals surface area contributed by atoms with Gasteiger partial charge < -0.3 is 29.7 Å². The van der Waals surface area contributed by atoms with Crippen LogP contribution in [0.1, 0.15) is 45.2 Å². The SMILES string of the molecule is COc1ccc(Cn2c(CCc3c[nH]c4ccccc34)nnc2[C@@H](N)C(c2c[nH]c3ccccc23)S(=O)(=O)Cc2ccccc2)c(OC)c1. The Morgan fingerprint density at radius 3 is 2.22 bits per heavy atom. The first-order valence-electron chi connectivity index (χ1n) is 16.1. The molecule has 0 aliphatic carbocycles. The summed E-state index contributed by atoms with van der Waals surface area (Å²) in [5, 5.41) is 10.1. The van der Waals surface area contributed by atoms with Crippen LogP contribution >= 0.6 is 0 Å². The molecule has 0 fully saturated rings. The zero-order chi connectivity index (χ0) is 34.0. The van der Waals surface area contributed by atoms with Crippen molar-refractivity contribution in [1.29, 1.82) is 0 Å². The molecule has 7 rings (SSSR count). The number of nitrogens with zero attached hydrogens (tertiary/aromatic N) is 3. The van der Waals surface area contributed by atoms with E-state index in [4.69, 9.17) is 15.2 Å². The van der Waals surface area contributed by atoms with Crippen molar-refractivity contribution in [2.45, 2.75) is 36.4 Å². The lowest BCUT2D eigenvalue weighted by molar-refractivity contribution is 0.389. The number of ether oxygens (including phenoxy) is 2. The number of fused-ring (bicyclic) bond motifs is 2. The van der Waals surface area contributed by atoms with Crippen molar-refractivity contribution in [2.24, 2.45) is 5.73 Å². The van der Waals surface area contributed by atoms with Gasteiger partial charge in [-0.2, -0.15) is 0 Å². The van der Waals surface area contributed by atoms with E-state index in [0.29, 0.717) is 53.7 Å². The number of para-hydroxylation sites is 2. The number of hydrogen-bond acceptors (Lipinski definition) is 7. The average molecular weight is 675 g/mol. The maximum atomic E-state index is 14.5. The van der Waals surface area contributed by atoms with Gasteiger partial charge in [0.2, 0.25) is 0 Å².